The van der Waals surface area contributed by atoms with Crippen molar-refractivity contribution in [2.45, 2.75) is 120 Å². The van der Waals surface area contributed by atoms with Gasteiger partial charge in [-0.2, -0.15) is 0 Å². The van der Waals surface area contributed by atoms with E-state index in [4.69, 9.17) is 16.3 Å². The molecule has 3 saturated carbocycles. The standard InChI is InChI=1S/C22H36ClNO2/c1-16(2)22(25)26-21-14-12-20(13-15-21)24(18-6-4-3-5-7-18)19-10-8-17(23)9-11-19/h17-21H,1,3-15H2,2H3. The molecule has 26 heavy (non-hydrogen) atoms. The summed E-state index contributed by atoms with van der Waals surface area (Å²) >= 11 is 6.38. The maximum Gasteiger partial charge on any atom is 0.333 e. The fourth-order valence-electron chi connectivity index (χ4n) is 5.32. The van der Waals surface area contributed by atoms with Gasteiger partial charge in [-0.1, -0.05) is 25.8 Å². The number of halogens is 1. The summed E-state index contributed by atoms with van der Waals surface area (Å²) in [6.45, 7) is 5.43. The SMILES string of the molecule is C=C(C)C(=O)OC1CCC(N(C2CCCCC2)C2CCC(Cl)CC2)CC1. The van der Waals surface area contributed by atoms with E-state index in [9.17, 15) is 4.79 Å². The minimum atomic E-state index is -0.224. The monoisotopic (exact) mass is 381 g/mol. The lowest BCUT2D eigenvalue weighted by atomic mass is 9.83. The molecule has 0 unspecified atom stereocenters. The third-order valence-corrected chi connectivity index (χ3v) is 7.17. The highest BCUT2D eigenvalue weighted by Gasteiger charge is 2.37. The maximum atomic E-state index is 11.8. The smallest absolute Gasteiger partial charge is 0.333 e. The van der Waals surface area contributed by atoms with E-state index in [2.05, 4.69) is 11.5 Å². The van der Waals surface area contributed by atoms with Gasteiger partial charge in [0.1, 0.15) is 6.10 Å². The number of rotatable bonds is 5. The number of alkyl halides is 1. The Kier molecular flexibility index (Phi) is 7.45. The van der Waals surface area contributed by atoms with Crippen LogP contribution in [0, 0.1) is 0 Å². The molecule has 0 saturated heterocycles. The molecule has 148 valence electrons. The van der Waals surface area contributed by atoms with Crippen LogP contribution >= 0.6 is 11.6 Å². The van der Waals surface area contributed by atoms with Gasteiger partial charge in [-0.15, -0.1) is 11.6 Å². The zero-order chi connectivity index (χ0) is 18.5. The van der Waals surface area contributed by atoms with E-state index >= 15 is 0 Å². The molecule has 0 amide bonds. The molecule has 0 atom stereocenters. The minimum absolute atomic E-state index is 0.0854. The highest BCUT2D eigenvalue weighted by molar-refractivity contribution is 6.20. The number of nitrogens with zero attached hydrogens (tertiary/aromatic N) is 1. The van der Waals surface area contributed by atoms with Crippen molar-refractivity contribution in [3.63, 3.8) is 0 Å². The van der Waals surface area contributed by atoms with Crippen molar-refractivity contribution in [1.82, 2.24) is 4.90 Å². The highest BCUT2D eigenvalue weighted by atomic mass is 35.5. The summed E-state index contributed by atoms with van der Waals surface area (Å²) in [4.78, 5) is 14.7. The van der Waals surface area contributed by atoms with Gasteiger partial charge in [0.25, 0.3) is 0 Å². The Morgan fingerprint density at radius 2 is 1.35 bits per heavy atom. The quantitative estimate of drug-likeness (QED) is 0.352. The van der Waals surface area contributed by atoms with Crippen LogP contribution in [0.15, 0.2) is 12.2 Å². The first-order valence-electron chi connectivity index (χ1n) is 10.8. The molecular formula is C22H36ClNO2. The number of esters is 1. The van der Waals surface area contributed by atoms with E-state index in [0.29, 0.717) is 23.0 Å². The van der Waals surface area contributed by atoms with Crippen molar-refractivity contribution in [3.8, 4) is 0 Å². The third kappa shape index (κ3) is 5.25. The molecule has 0 aromatic carbocycles. The lowest BCUT2D eigenvalue weighted by molar-refractivity contribution is -0.146. The molecular weight excluding hydrogens is 346 g/mol. The van der Waals surface area contributed by atoms with Crippen LogP contribution in [-0.4, -0.2) is 40.5 Å². The lowest BCUT2D eigenvalue weighted by Gasteiger charge is -2.48. The Morgan fingerprint density at radius 3 is 1.88 bits per heavy atom. The van der Waals surface area contributed by atoms with Gasteiger partial charge >= 0.3 is 5.97 Å². The number of ether oxygens (including phenoxy) is 1. The Morgan fingerprint density at radius 1 is 0.846 bits per heavy atom. The van der Waals surface area contributed by atoms with Crippen molar-refractivity contribution in [1.29, 1.82) is 0 Å². The van der Waals surface area contributed by atoms with Crippen LogP contribution in [0.4, 0.5) is 0 Å². The van der Waals surface area contributed by atoms with E-state index in [1.807, 2.05) is 0 Å². The van der Waals surface area contributed by atoms with E-state index in [1.54, 1.807) is 6.92 Å². The Hall–Kier alpha value is -0.540. The predicted molar refractivity (Wildman–Crippen MR) is 108 cm³/mol. The summed E-state index contributed by atoms with van der Waals surface area (Å²) < 4.78 is 5.61. The van der Waals surface area contributed by atoms with E-state index in [1.165, 1.54) is 57.8 Å². The molecule has 0 radical (unpaired) electrons. The normalized spacial score (nSPS) is 33.8. The first kappa shape index (κ1) is 20.2. The van der Waals surface area contributed by atoms with Crippen LogP contribution in [0.1, 0.15) is 90.4 Å². The molecule has 0 heterocycles. The van der Waals surface area contributed by atoms with Crippen LogP contribution in [0.2, 0.25) is 0 Å². The Labute approximate surface area is 164 Å². The number of carbonyl (C=O) groups excluding carboxylic acids is 1. The molecule has 0 aliphatic heterocycles. The molecule has 0 aromatic heterocycles. The van der Waals surface area contributed by atoms with Gasteiger partial charge in [0.05, 0.1) is 0 Å². The molecule has 0 spiro atoms. The minimum Gasteiger partial charge on any atom is -0.459 e. The van der Waals surface area contributed by atoms with E-state index < -0.39 is 0 Å². The summed E-state index contributed by atoms with van der Waals surface area (Å²) in [5.41, 5.74) is 0.508. The molecule has 3 aliphatic carbocycles. The largest absolute Gasteiger partial charge is 0.459 e. The molecule has 3 nitrogen and oxygen atoms in total. The lowest BCUT2D eigenvalue weighted by Crippen LogP contribution is -2.52. The van der Waals surface area contributed by atoms with Gasteiger partial charge in [-0.05, 0) is 71.1 Å². The second-order valence-electron chi connectivity index (χ2n) is 8.76. The molecule has 4 heteroatoms. The van der Waals surface area contributed by atoms with Crippen LogP contribution in [0.5, 0.6) is 0 Å². The highest BCUT2D eigenvalue weighted by Crippen LogP contribution is 2.37. The van der Waals surface area contributed by atoms with Crippen molar-refractivity contribution in [2.75, 3.05) is 0 Å². The summed E-state index contributed by atoms with van der Waals surface area (Å²) in [6, 6.07) is 2.14. The van der Waals surface area contributed by atoms with Crippen LogP contribution < -0.4 is 0 Å². The summed E-state index contributed by atoms with van der Waals surface area (Å²) in [5.74, 6) is -0.224. The summed E-state index contributed by atoms with van der Waals surface area (Å²) in [7, 11) is 0. The summed E-state index contributed by atoms with van der Waals surface area (Å²) in [6.07, 6.45) is 16.2. The second-order valence-corrected chi connectivity index (χ2v) is 9.38. The molecule has 0 aromatic rings. The van der Waals surface area contributed by atoms with Crippen molar-refractivity contribution in [2.24, 2.45) is 0 Å². The van der Waals surface area contributed by atoms with Crippen molar-refractivity contribution < 1.29 is 9.53 Å². The van der Waals surface area contributed by atoms with Crippen LogP contribution in [-0.2, 0) is 9.53 Å². The van der Waals surface area contributed by atoms with Crippen molar-refractivity contribution in [3.05, 3.63) is 12.2 Å². The second kappa shape index (κ2) is 9.59. The molecule has 3 rings (SSSR count). The topological polar surface area (TPSA) is 29.5 Å². The average Bonchev–Trinajstić information content (AvgIpc) is 2.66. The van der Waals surface area contributed by atoms with Gasteiger partial charge in [0.15, 0.2) is 0 Å². The number of hydrogen-bond donors (Lipinski definition) is 0. The van der Waals surface area contributed by atoms with E-state index in [0.717, 1.165) is 31.7 Å². The zero-order valence-corrected chi connectivity index (χ0v) is 17.2. The fourth-order valence-corrected chi connectivity index (χ4v) is 5.57. The first-order chi connectivity index (χ1) is 12.5. The molecule has 0 bridgehead atoms. The molecule has 0 N–H and O–H groups in total. The van der Waals surface area contributed by atoms with Gasteiger partial charge in [-0.25, -0.2) is 4.79 Å². The Bertz CT molecular complexity index is 473. The van der Waals surface area contributed by atoms with Crippen LogP contribution in [0.25, 0.3) is 0 Å². The van der Waals surface area contributed by atoms with E-state index in [-0.39, 0.29) is 12.1 Å². The van der Waals surface area contributed by atoms with Gasteiger partial charge < -0.3 is 4.74 Å². The zero-order valence-electron chi connectivity index (χ0n) is 16.4. The molecule has 3 fully saturated rings. The van der Waals surface area contributed by atoms with Gasteiger partial charge in [-0.3, -0.25) is 4.90 Å². The first-order valence-corrected chi connectivity index (χ1v) is 11.3. The summed E-state index contributed by atoms with van der Waals surface area (Å²) in [5, 5.41) is 0.386. The molecule has 3 aliphatic rings. The fraction of sp³-hybridized carbons (Fsp3) is 0.864. The predicted octanol–water partition coefficient (Wildman–Crippen LogP) is 5.60. The maximum absolute atomic E-state index is 11.8. The van der Waals surface area contributed by atoms with Gasteiger partial charge in [0, 0.05) is 29.1 Å². The Balaban J connectivity index is 1.60. The average molecular weight is 382 g/mol. The number of hydrogen-bond acceptors (Lipinski definition) is 3. The number of carbonyl (C=O) groups is 1. The van der Waals surface area contributed by atoms with Crippen LogP contribution in [0.3, 0.4) is 0 Å². The van der Waals surface area contributed by atoms with Gasteiger partial charge in [0.2, 0.25) is 0 Å². The van der Waals surface area contributed by atoms with Crippen molar-refractivity contribution >= 4 is 17.6 Å². The third-order valence-electron chi connectivity index (χ3n) is 6.73.